The largest absolute Gasteiger partial charge is 0.357 e. The van der Waals surface area contributed by atoms with Gasteiger partial charge in [0.25, 0.3) is 0 Å². The Bertz CT molecular complexity index is 767. The van der Waals surface area contributed by atoms with Gasteiger partial charge in [-0.15, -0.1) is 11.3 Å². The van der Waals surface area contributed by atoms with Gasteiger partial charge in [0, 0.05) is 30.1 Å². The highest BCUT2D eigenvalue weighted by atomic mass is 32.1. The predicted octanol–water partition coefficient (Wildman–Crippen LogP) is 2.62. The second-order valence-electron chi connectivity index (χ2n) is 6.33. The van der Waals surface area contributed by atoms with E-state index in [0.717, 1.165) is 28.9 Å². The zero-order chi connectivity index (χ0) is 18.5. The zero-order valence-electron chi connectivity index (χ0n) is 15.5. The Kier molecular flexibility index (Phi) is 5.88. The highest BCUT2D eigenvalue weighted by Crippen LogP contribution is 2.21. The third-order valence-corrected chi connectivity index (χ3v) is 5.38. The van der Waals surface area contributed by atoms with Crippen LogP contribution in [0.25, 0.3) is 0 Å². The molecule has 1 unspecified atom stereocenters. The summed E-state index contributed by atoms with van der Waals surface area (Å²) in [7, 11) is 0. The van der Waals surface area contributed by atoms with E-state index in [-0.39, 0.29) is 11.9 Å². The number of hydrogen-bond donors (Lipinski definition) is 2. The SMILES string of the molecule is CCNC(=NCc1nc(C)c(C)s1)NC1CC(=O)N(c2ccccc2)C1. The van der Waals surface area contributed by atoms with Crippen molar-refractivity contribution in [1.82, 2.24) is 15.6 Å². The molecule has 0 spiro atoms. The number of carbonyl (C=O) groups excluding carboxylic acids is 1. The summed E-state index contributed by atoms with van der Waals surface area (Å²) in [6.07, 6.45) is 0.467. The monoisotopic (exact) mass is 371 g/mol. The maximum absolute atomic E-state index is 12.4. The van der Waals surface area contributed by atoms with Crippen LogP contribution >= 0.6 is 11.3 Å². The molecular weight excluding hydrogens is 346 g/mol. The number of thiazole rings is 1. The molecule has 1 aromatic heterocycles. The minimum Gasteiger partial charge on any atom is -0.357 e. The number of carbonyl (C=O) groups is 1. The molecule has 1 aromatic carbocycles. The van der Waals surface area contributed by atoms with E-state index in [4.69, 9.17) is 0 Å². The van der Waals surface area contributed by atoms with Gasteiger partial charge in [0.2, 0.25) is 5.91 Å². The number of guanidine groups is 1. The second kappa shape index (κ2) is 8.31. The molecule has 1 fully saturated rings. The quantitative estimate of drug-likeness (QED) is 0.626. The van der Waals surface area contributed by atoms with Crippen LogP contribution in [0.4, 0.5) is 5.69 Å². The van der Waals surface area contributed by atoms with Gasteiger partial charge in [-0.3, -0.25) is 4.79 Å². The van der Waals surface area contributed by atoms with Crippen LogP contribution in [0.2, 0.25) is 0 Å². The van der Waals surface area contributed by atoms with E-state index < -0.39 is 0 Å². The average Bonchev–Trinajstić information content (AvgIpc) is 3.15. The molecule has 1 atom stereocenters. The Morgan fingerprint density at radius 1 is 1.35 bits per heavy atom. The summed E-state index contributed by atoms with van der Waals surface area (Å²) >= 11 is 1.68. The third kappa shape index (κ3) is 4.40. The molecule has 2 aromatic rings. The van der Waals surface area contributed by atoms with Crippen molar-refractivity contribution in [2.24, 2.45) is 4.99 Å². The Labute approximate surface area is 158 Å². The first kappa shape index (κ1) is 18.4. The van der Waals surface area contributed by atoms with Crippen molar-refractivity contribution in [1.29, 1.82) is 0 Å². The molecule has 0 bridgehead atoms. The molecule has 1 saturated heterocycles. The number of hydrogen-bond acceptors (Lipinski definition) is 4. The number of para-hydroxylation sites is 1. The number of aryl methyl sites for hydroxylation is 2. The van der Waals surface area contributed by atoms with E-state index >= 15 is 0 Å². The van der Waals surface area contributed by atoms with Crippen molar-refractivity contribution in [3.05, 3.63) is 45.9 Å². The van der Waals surface area contributed by atoms with Gasteiger partial charge in [0.15, 0.2) is 5.96 Å². The standard InChI is InChI=1S/C19H25N5OS/c1-4-20-19(21-11-17-22-13(2)14(3)26-17)23-15-10-18(25)24(12-15)16-8-6-5-7-9-16/h5-9,15H,4,10-12H2,1-3H3,(H2,20,21,23). The molecule has 1 aliphatic rings. The van der Waals surface area contributed by atoms with Crippen LogP contribution in [-0.4, -0.2) is 36.0 Å². The summed E-state index contributed by atoms with van der Waals surface area (Å²) in [5.41, 5.74) is 2.01. The fourth-order valence-corrected chi connectivity index (χ4v) is 3.79. The molecule has 2 N–H and O–H groups in total. The van der Waals surface area contributed by atoms with E-state index in [2.05, 4.69) is 27.5 Å². The van der Waals surface area contributed by atoms with Crippen molar-refractivity contribution in [3.8, 4) is 0 Å². The predicted molar refractivity (Wildman–Crippen MR) is 107 cm³/mol. The van der Waals surface area contributed by atoms with Crippen LogP contribution in [0, 0.1) is 13.8 Å². The Morgan fingerprint density at radius 2 is 2.12 bits per heavy atom. The smallest absolute Gasteiger partial charge is 0.229 e. The third-order valence-electron chi connectivity index (χ3n) is 4.32. The number of benzene rings is 1. The van der Waals surface area contributed by atoms with Gasteiger partial charge < -0.3 is 15.5 Å². The second-order valence-corrected chi connectivity index (χ2v) is 7.62. The molecule has 1 aliphatic heterocycles. The number of aliphatic imine (C=N–C) groups is 1. The number of rotatable bonds is 5. The van der Waals surface area contributed by atoms with Gasteiger partial charge in [-0.1, -0.05) is 18.2 Å². The van der Waals surface area contributed by atoms with Crippen molar-refractivity contribution >= 4 is 28.9 Å². The van der Waals surface area contributed by atoms with E-state index in [9.17, 15) is 4.79 Å². The van der Waals surface area contributed by atoms with Crippen LogP contribution in [-0.2, 0) is 11.3 Å². The molecule has 138 valence electrons. The summed E-state index contributed by atoms with van der Waals surface area (Å²) in [6, 6.07) is 9.83. The summed E-state index contributed by atoms with van der Waals surface area (Å²) in [5.74, 6) is 0.862. The lowest BCUT2D eigenvalue weighted by atomic mass is 10.2. The minimum absolute atomic E-state index is 0.0419. The molecule has 0 saturated carbocycles. The first-order valence-electron chi connectivity index (χ1n) is 8.90. The van der Waals surface area contributed by atoms with E-state index in [1.807, 2.05) is 49.1 Å². The highest BCUT2D eigenvalue weighted by molar-refractivity contribution is 7.11. The molecule has 0 radical (unpaired) electrons. The number of anilines is 1. The van der Waals surface area contributed by atoms with Crippen molar-refractivity contribution in [3.63, 3.8) is 0 Å². The molecular formula is C19H25N5OS. The summed E-state index contributed by atoms with van der Waals surface area (Å²) in [6.45, 7) is 8.08. The van der Waals surface area contributed by atoms with Crippen molar-refractivity contribution in [2.75, 3.05) is 18.0 Å². The lowest BCUT2D eigenvalue weighted by Gasteiger charge is -2.18. The van der Waals surface area contributed by atoms with Crippen molar-refractivity contribution in [2.45, 2.75) is 39.8 Å². The van der Waals surface area contributed by atoms with Crippen molar-refractivity contribution < 1.29 is 4.79 Å². The van der Waals surface area contributed by atoms with Crippen LogP contribution in [0.1, 0.15) is 28.9 Å². The number of amides is 1. The van der Waals surface area contributed by atoms with Gasteiger partial charge in [0.05, 0.1) is 18.3 Å². The summed E-state index contributed by atoms with van der Waals surface area (Å²) < 4.78 is 0. The van der Waals surface area contributed by atoms with Crippen LogP contribution < -0.4 is 15.5 Å². The molecule has 0 aliphatic carbocycles. The van der Waals surface area contributed by atoms with Crippen LogP contribution in [0.3, 0.4) is 0 Å². The number of nitrogens with one attached hydrogen (secondary N) is 2. The van der Waals surface area contributed by atoms with E-state index in [1.165, 1.54) is 4.88 Å². The lowest BCUT2D eigenvalue weighted by molar-refractivity contribution is -0.117. The fourth-order valence-electron chi connectivity index (χ4n) is 2.93. The van der Waals surface area contributed by atoms with E-state index in [1.54, 1.807) is 11.3 Å². The highest BCUT2D eigenvalue weighted by Gasteiger charge is 2.31. The molecule has 1 amide bonds. The molecule has 2 heterocycles. The average molecular weight is 372 g/mol. The first-order chi connectivity index (χ1) is 12.6. The maximum atomic E-state index is 12.4. The van der Waals surface area contributed by atoms with Gasteiger partial charge in [-0.2, -0.15) is 0 Å². The normalized spacial score (nSPS) is 17.7. The fraction of sp³-hybridized carbons (Fsp3) is 0.421. The maximum Gasteiger partial charge on any atom is 0.229 e. The Morgan fingerprint density at radius 3 is 2.77 bits per heavy atom. The summed E-state index contributed by atoms with van der Waals surface area (Å²) in [5, 5.41) is 7.65. The zero-order valence-corrected chi connectivity index (χ0v) is 16.3. The minimum atomic E-state index is 0.0419. The van der Waals surface area contributed by atoms with Crippen LogP contribution in [0.15, 0.2) is 35.3 Å². The Hall–Kier alpha value is -2.41. The van der Waals surface area contributed by atoms with Gasteiger partial charge in [0.1, 0.15) is 5.01 Å². The molecule has 3 rings (SSSR count). The Balaban J connectivity index is 1.64. The number of nitrogens with zero attached hydrogens (tertiary/aromatic N) is 3. The number of aromatic nitrogens is 1. The molecule has 7 heteroatoms. The lowest BCUT2D eigenvalue weighted by Crippen LogP contribution is -2.44. The van der Waals surface area contributed by atoms with E-state index in [0.29, 0.717) is 19.5 Å². The molecule has 6 nitrogen and oxygen atoms in total. The van der Waals surface area contributed by atoms with Gasteiger partial charge in [-0.05, 0) is 32.9 Å². The van der Waals surface area contributed by atoms with Gasteiger partial charge >= 0.3 is 0 Å². The van der Waals surface area contributed by atoms with Crippen LogP contribution in [0.5, 0.6) is 0 Å². The van der Waals surface area contributed by atoms with Gasteiger partial charge in [-0.25, -0.2) is 9.98 Å². The topological polar surface area (TPSA) is 69.6 Å². The summed E-state index contributed by atoms with van der Waals surface area (Å²) in [4.78, 5) is 24.6. The first-order valence-corrected chi connectivity index (χ1v) is 9.71. The molecule has 26 heavy (non-hydrogen) atoms.